The fraction of sp³-hybridized carbons (Fsp3) is 0.0667. The molecule has 106 valence electrons. The highest BCUT2D eigenvalue weighted by Gasteiger charge is 2.11. The first-order chi connectivity index (χ1) is 10.2. The van der Waals surface area contributed by atoms with Crippen molar-refractivity contribution >= 4 is 11.6 Å². The molecule has 3 rings (SSSR count). The van der Waals surface area contributed by atoms with Crippen LogP contribution in [0.2, 0.25) is 5.02 Å². The fourth-order valence-electron chi connectivity index (χ4n) is 1.73. The summed E-state index contributed by atoms with van der Waals surface area (Å²) in [5, 5.41) is 13.5. The smallest absolute Gasteiger partial charge is 0.258 e. The van der Waals surface area contributed by atoms with E-state index in [1.807, 2.05) is 30.3 Å². The van der Waals surface area contributed by atoms with Gasteiger partial charge in [0, 0.05) is 5.56 Å². The number of ether oxygens (including phenoxy) is 1. The minimum Gasteiger partial charge on any atom is -0.506 e. The molecule has 0 unspecified atom stereocenters. The van der Waals surface area contributed by atoms with Gasteiger partial charge in [-0.3, -0.25) is 0 Å². The Labute approximate surface area is 125 Å². The number of hydrogen-bond acceptors (Lipinski definition) is 5. The van der Waals surface area contributed by atoms with Crippen molar-refractivity contribution in [3.63, 3.8) is 0 Å². The van der Waals surface area contributed by atoms with Crippen molar-refractivity contribution in [2.75, 3.05) is 0 Å². The Bertz CT molecular complexity index is 744. The maximum atomic E-state index is 9.39. The van der Waals surface area contributed by atoms with Crippen LogP contribution in [0, 0.1) is 0 Å². The Morgan fingerprint density at radius 2 is 1.95 bits per heavy atom. The number of nitrogens with zero attached hydrogens (tertiary/aromatic N) is 2. The molecular formula is C15H11ClN2O3. The van der Waals surface area contributed by atoms with Gasteiger partial charge in [-0.15, -0.1) is 0 Å². The van der Waals surface area contributed by atoms with E-state index in [0.717, 1.165) is 5.75 Å². The second-order valence-corrected chi connectivity index (χ2v) is 4.69. The highest BCUT2D eigenvalue weighted by Crippen LogP contribution is 2.28. The van der Waals surface area contributed by atoms with Crippen molar-refractivity contribution < 1.29 is 14.4 Å². The molecule has 0 radical (unpaired) electrons. The summed E-state index contributed by atoms with van der Waals surface area (Å²) in [7, 11) is 0. The number of rotatable bonds is 4. The van der Waals surface area contributed by atoms with E-state index in [9.17, 15) is 5.11 Å². The number of phenolic OH excluding ortho intramolecular Hbond substituents is 1. The van der Waals surface area contributed by atoms with E-state index >= 15 is 0 Å². The maximum absolute atomic E-state index is 9.39. The van der Waals surface area contributed by atoms with Gasteiger partial charge in [0.05, 0.1) is 5.02 Å². The molecule has 6 heteroatoms. The first-order valence-electron chi connectivity index (χ1n) is 6.22. The van der Waals surface area contributed by atoms with E-state index in [1.54, 1.807) is 12.1 Å². The quantitative estimate of drug-likeness (QED) is 0.796. The molecule has 0 saturated carbocycles. The standard InChI is InChI=1S/C15H11ClN2O3/c16-12-8-10(6-7-13(12)19)15-17-14(18-21-15)9-20-11-4-2-1-3-5-11/h1-8,19H,9H2. The van der Waals surface area contributed by atoms with Gasteiger partial charge >= 0.3 is 0 Å². The van der Waals surface area contributed by atoms with Crippen molar-refractivity contribution in [1.29, 1.82) is 0 Å². The molecule has 2 aromatic carbocycles. The third-order valence-electron chi connectivity index (χ3n) is 2.77. The topological polar surface area (TPSA) is 68.4 Å². The highest BCUT2D eigenvalue weighted by atomic mass is 35.5. The van der Waals surface area contributed by atoms with Crippen molar-refractivity contribution in [3.05, 3.63) is 59.4 Å². The molecule has 0 fully saturated rings. The van der Waals surface area contributed by atoms with Crippen LogP contribution < -0.4 is 4.74 Å². The van der Waals surface area contributed by atoms with Gasteiger partial charge < -0.3 is 14.4 Å². The lowest BCUT2D eigenvalue weighted by atomic mass is 10.2. The van der Waals surface area contributed by atoms with Crippen LogP contribution in [-0.4, -0.2) is 15.2 Å². The van der Waals surface area contributed by atoms with Crippen molar-refractivity contribution in [3.8, 4) is 23.0 Å². The summed E-state index contributed by atoms with van der Waals surface area (Å²) in [5.74, 6) is 1.49. The van der Waals surface area contributed by atoms with E-state index < -0.39 is 0 Å². The highest BCUT2D eigenvalue weighted by molar-refractivity contribution is 6.32. The van der Waals surface area contributed by atoms with E-state index in [1.165, 1.54) is 6.07 Å². The third-order valence-corrected chi connectivity index (χ3v) is 3.08. The van der Waals surface area contributed by atoms with Crippen LogP contribution in [0.25, 0.3) is 11.5 Å². The van der Waals surface area contributed by atoms with Crippen LogP contribution in [0.1, 0.15) is 5.82 Å². The van der Waals surface area contributed by atoms with Crippen molar-refractivity contribution in [2.45, 2.75) is 6.61 Å². The Hall–Kier alpha value is -2.53. The average Bonchev–Trinajstić information content (AvgIpc) is 2.98. The van der Waals surface area contributed by atoms with Crippen LogP contribution in [0.3, 0.4) is 0 Å². The number of benzene rings is 2. The molecular weight excluding hydrogens is 292 g/mol. The molecule has 1 heterocycles. The van der Waals surface area contributed by atoms with E-state index in [-0.39, 0.29) is 17.4 Å². The second kappa shape index (κ2) is 5.85. The molecule has 0 amide bonds. The molecule has 0 spiro atoms. The molecule has 3 aromatic rings. The zero-order chi connectivity index (χ0) is 14.7. The van der Waals surface area contributed by atoms with Gasteiger partial charge in [0.1, 0.15) is 11.5 Å². The molecule has 0 atom stereocenters. The summed E-state index contributed by atoms with van der Waals surface area (Å²) >= 11 is 5.85. The van der Waals surface area contributed by atoms with Gasteiger partial charge in [-0.25, -0.2) is 0 Å². The lowest BCUT2D eigenvalue weighted by molar-refractivity contribution is 0.287. The zero-order valence-electron chi connectivity index (χ0n) is 10.9. The zero-order valence-corrected chi connectivity index (χ0v) is 11.6. The molecule has 0 saturated heterocycles. The Morgan fingerprint density at radius 3 is 2.71 bits per heavy atom. The molecule has 1 N–H and O–H groups in total. The summed E-state index contributed by atoms with van der Waals surface area (Å²) in [5.41, 5.74) is 0.635. The predicted molar refractivity (Wildman–Crippen MR) is 77.2 cm³/mol. The number of aromatic hydroxyl groups is 1. The second-order valence-electron chi connectivity index (χ2n) is 4.28. The Balaban J connectivity index is 1.72. The van der Waals surface area contributed by atoms with Crippen LogP contribution in [-0.2, 0) is 6.61 Å². The first kappa shape index (κ1) is 13.5. The Kier molecular flexibility index (Phi) is 3.75. The summed E-state index contributed by atoms with van der Waals surface area (Å²) in [6.45, 7) is 0.208. The molecule has 0 aliphatic heterocycles. The molecule has 0 bridgehead atoms. The minimum atomic E-state index is 0.00701. The van der Waals surface area contributed by atoms with Crippen LogP contribution in [0.15, 0.2) is 53.1 Å². The summed E-state index contributed by atoms with van der Waals surface area (Å²) < 4.78 is 10.7. The lowest BCUT2D eigenvalue weighted by Crippen LogP contribution is -1.97. The predicted octanol–water partition coefficient (Wildman–Crippen LogP) is 3.67. The first-order valence-corrected chi connectivity index (χ1v) is 6.59. The van der Waals surface area contributed by atoms with Crippen LogP contribution in [0.4, 0.5) is 0 Å². The third kappa shape index (κ3) is 3.14. The molecule has 0 aliphatic rings. The van der Waals surface area contributed by atoms with Crippen molar-refractivity contribution in [1.82, 2.24) is 10.1 Å². The number of hydrogen-bond donors (Lipinski definition) is 1. The van der Waals surface area contributed by atoms with Gasteiger partial charge in [-0.1, -0.05) is 35.0 Å². The molecule has 21 heavy (non-hydrogen) atoms. The fourth-order valence-corrected chi connectivity index (χ4v) is 1.91. The van der Waals surface area contributed by atoms with Gasteiger partial charge in [-0.05, 0) is 30.3 Å². The normalized spacial score (nSPS) is 10.5. The molecule has 0 aliphatic carbocycles. The lowest BCUT2D eigenvalue weighted by Gasteiger charge is -2.01. The van der Waals surface area contributed by atoms with Gasteiger partial charge in [0.25, 0.3) is 5.89 Å². The maximum Gasteiger partial charge on any atom is 0.258 e. The largest absolute Gasteiger partial charge is 0.506 e. The minimum absolute atomic E-state index is 0.00701. The van der Waals surface area contributed by atoms with Crippen LogP contribution in [0.5, 0.6) is 11.5 Å². The summed E-state index contributed by atoms with van der Waals surface area (Å²) in [6, 6.07) is 14.1. The average molecular weight is 303 g/mol. The van der Waals surface area contributed by atoms with Gasteiger partial charge in [0.15, 0.2) is 6.61 Å². The molecule has 1 aromatic heterocycles. The SMILES string of the molecule is Oc1ccc(-c2nc(COc3ccccc3)no2)cc1Cl. The van der Waals surface area contributed by atoms with Gasteiger partial charge in [-0.2, -0.15) is 4.98 Å². The van der Waals surface area contributed by atoms with E-state index in [4.69, 9.17) is 20.9 Å². The Morgan fingerprint density at radius 1 is 1.14 bits per heavy atom. The number of para-hydroxylation sites is 1. The number of halogens is 1. The number of aromatic nitrogens is 2. The number of phenols is 1. The van der Waals surface area contributed by atoms with Crippen LogP contribution >= 0.6 is 11.6 Å². The monoisotopic (exact) mass is 302 g/mol. The van der Waals surface area contributed by atoms with E-state index in [2.05, 4.69) is 10.1 Å². The summed E-state index contributed by atoms with van der Waals surface area (Å²) in [6.07, 6.45) is 0. The van der Waals surface area contributed by atoms with Crippen molar-refractivity contribution in [2.24, 2.45) is 0 Å². The summed E-state index contributed by atoms with van der Waals surface area (Å²) in [4.78, 5) is 4.22. The molecule has 5 nitrogen and oxygen atoms in total. The van der Waals surface area contributed by atoms with Gasteiger partial charge in [0.2, 0.25) is 5.82 Å². The van der Waals surface area contributed by atoms with E-state index in [0.29, 0.717) is 17.3 Å².